The number of alkyl halides is 6. The summed E-state index contributed by atoms with van der Waals surface area (Å²) < 4.78 is 92.2. The van der Waals surface area contributed by atoms with Crippen molar-refractivity contribution in [2.75, 3.05) is 25.5 Å². The fraction of sp³-hybridized carbons (Fsp3) is 0.379. The van der Waals surface area contributed by atoms with Gasteiger partial charge in [0.05, 0.1) is 29.8 Å². The zero-order chi connectivity index (χ0) is 29.5. The van der Waals surface area contributed by atoms with Crippen LogP contribution in [0.1, 0.15) is 35.6 Å². The van der Waals surface area contributed by atoms with Gasteiger partial charge >= 0.3 is 12.4 Å². The number of benzene rings is 2. The molecule has 0 amide bonds. The van der Waals surface area contributed by atoms with Gasteiger partial charge in [0.25, 0.3) is 5.17 Å². The predicted molar refractivity (Wildman–Crippen MR) is 147 cm³/mol. The molecule has 1 N–H and O–H groups in total. The van der Waals surface area contributed by atoms with E-state index in [9.17, 15) is 26.3 Å². The van der Waals surface area contributed by atoms with Gasteiger partial charge in [-0.1, -0.05) is 6.08 Å². The number of pyridine rings is 1. The Kier molecular flexibility index (Phi) is 7.90. The molecular formula is C29H27F6N3O2S. The molecule has 4 heterocycles. The predicted octanol–water partition coefficient (Wildman–Crippen LogP) is 7.63. The summed E-state index contributed by atoms with van der Waals surface area (Å²) >= 11 is 5.39. The van der Waals surface area contributed by atoms with E-state index in [4.69, 9.17) is 21.7 Å². The van der Waals surface area contributed by atoms with Crippen LogP contribution < -0.4 is 10.1 Å². The van der Waals surface area contributed by atoms with E-state index in [1.54, 1.807) is 24.4 Å². The number of nitrogens with one attached hydrogen (secondary N) is 1. The number of hydrogen-bond donors (Lipinski definition) is 1. The molecule has 2 aromatic carbocycles. The van der Waals surface area contributed by atoms with Gasteiger partial charge in [-0.05, 0) is 85.9 Å². The molecule has 3 aliphatic rings. The molecule has 0 spiro atoms. The third-order valence-electron chi connectivity index (χ3n) is 7.86. The molecular weight excluding hydrogens is 568 g/mol. The molecule has 41 heavy (non-hydrogen) atoms. The van der Waals surface area contributed by atoms with Crippen LogP contribution in [0.5, 0.6) is 5.75 Å². The Labute approximate surface area is 238 Å². The first kappa shape index (κ1) is 29.1. The highest BCUT2D eigenvalue weighted by atomic mass is 32.1. The molecule has 6 rings (SSSR count). The van der Waals surface area contributed by atoms with Gasteiger partial charge in [0, 0.05) is 29.4 Å². The third-order valence-corrected chi connectivity index (χ3v) is 8.06. The Hall–Kier alpha value is -3.38. The van der Waals surface area contributed by atoms with Crippen molar-refractivity contribution in [2.45, 2.75) is 37.3 Å². The number of nitrogens with zero attached hydrogens (tertiary/aromatic N) is 2. The summed E-state index contributed by atoms with van der Waals surface area (Å²) in [6.07, 6.45) is -5.37. The maximum Gasteiger partial charge on any atom is 0.416 e. The molecule has 0 radical (unpaired) electrons. The second-order valence-electron chi connectivity index (χ2n) is 10.3. The first-order valence-electron chi connectivity index (χ1n) is 12.9. The minimum Gasteiger partial charge on any atom is -0.497 e. The van der Waals surface area contributed by atoms with E-state index >= 15 is 0 Å². The van der Waals surface area contributed by atoms with Crippen molar-refractivity contribution >= 4 is 34.0 Å². The number of thiocarbonyl (C=S) groups is 1. The molecule has 3 aliphatic heterocycles. The largest absolute Gasteiger partial charge is 0.497 e. The van der Waals surface area contributed by atoms with Crippen molar-refractivity contribution < 1.29 is 35.8 Å². The number of rotatable bonds is 6. The van der Waals surface area contributed by atoms with E-state index in [2.05, 4.69) is 21.8 Å². The van der Waals surface area contributed by atoms with Crippen LogP contribution in [0.4, 0.5) is 32.0 Å². The molecule has 0 saturated carbocycles. The molecule has 3 aromatic rings. The first-order valence-corrected chi connectivity index (χ1v) is 13.3. The molecule has 2 bridgehead atoms. The van der Waals surface area contributed by atoms with Crippen molar-refractivity contribution in [1.29, 1.82) is 0 Å². The van der Waals surface area contributed by atoms with Crippen LogP contribution >= 0.6 is 12.2 Å². The normalized spacial score (nSPS) is 23.2. The molecule has 218 valence electrons. The van der Waals surface area contributed by atoms with Crippen LogP contribution in [0.25, 0.3) is 10.9 Å². The lowest BCUT2D eigenvalue weighted by Crippen LogP contribution is -2.55. The highest BCUT2D eigenvalue weighted by Crippen LogP contribution is 2.44. The maximum absolute atomic E-state index is 13.4. The average molecular weight is 596 g/mol. The van der Waals surface area contributed by atoms with Crippen molar-refractivity contribution in [1.82, 2.24) is 9.88 Å². The van der Waals surface area contributed by atoms with Gasteiger partial charge in [0.1, 0.15) is 11.9 Å². The summed E-state index contributed by atoms with van der Waals surface area (Å²) in [7, 11) is 1.54. The Balaban J connectivity index is 1.51. The summed E-state index contributed by atoms with van der Waals surface area (Å²) in [4.78, 5) is 6.71. The van der Waals surface area contributed by atoms with Gasteiger partial charge in [-0.15, -0.1) is 6.58 Å². The minimum absolute atomic E-state index is 0.0659. The first-order chi connectivity index (χ1) is 19.4. The number of piperidine rings is 3. The van der Waals surface area contributed by atoms with Crippen LogP contribution in [0.3, 0.4) is 0 Å². The number of methoxy groups -OCH3 is 1. The average Bonchev–Trinajstić information content (AvgIpc) is 2.94. The SMILES string of the molecule is C=C[C@H]1CN2CC[C@H]1C[C@H]2[C@H](OC(=S)Nc1cc(C(F)(F)F)cc(C(F)(F)F)c1)c1ccnc2ccc(OC)cc12. The Bertz CT molecular complexity index is 1430. The lowest BCUT2D eigenvalue weighted by Gasteiger charge is -2.51. The molecule has 5 nitrogen and oxygen atoms in total. The monoisotopic (exact) mass is 595 g/mol. The topological polar surface area (TPSA) is 46.6 Å². The van der Waals surface area contributed by atoms with Gasteiger partial charge in [-0.25, -0.2) is 0 Å². The number of anilines is 1. The smallest absolute Gasteiger partial charge is 0.416 e. The summed E-state index contributed by atoms with van der Waals surface area (Å²) in [5.41, 5.74) is -1.98. The fourth-order valence-corrected chi connectivity index (χ4v) is 6.07. The quantitative estimate of drug-likeness (QED) is 0.180. The van der Waals surface area contributed by atoms with Crippen molar-refractivity contribution in [3.8, 4) is 5.75 Å². The van der Waals surface area contributed by atoms with Gasteiger partial charge in [-0.3, -0.25) is 9.88 Å². The fourth-order valence-electron chi connectivity index (χ4n) is 5.85. The Morgan fingerprint density at radius 3 is 2.39 bits per heavy atom. The lowest BCUT2D eigenvalue weighted by atomic mass is 9.73. The molecule has 1 aromatic heterocycles. The van der Waals surface area contributed by atoms with E-state index in [-0.39, 0.29) is 17.3 Å². The molecule has 1 unspecified atom stereocenters. The van der Waals surface area contributed by atoms with Gasteiger partial charge in [-0.2, -0.15) is 26.3 Å². The van der Waals surface area contributed by atoms with Gasteiger partial charge in [0.15, 0.2) is 0 Å². The van der Waals surface area contributed by atoms with Gasteiger partial charge in [0.2, 0.25) is 0 Å². The van der Waals surface area contributed by atoms with Crippen LogP contribution in [0, 0.1) is 11.8 Å². The Morgan fingerprint density at radius 1 is 1.10 bits per heavy atom. The third kappa shape index (κ3) is 6.13. The second kappa shape index (κ2) is 11.1. The van der Waals surface area contributed by atoms with Crippen LogP contribution in [0.15, 0.2) is 61.3 Å². The lowest BCUT2D eigenvalue weighted by molar-refractivity contribution is -0.143. The summed E-state index contributed by atoms with van der Waals surface area (Å²) in [5.74, 6) is 1.26. The zero-order valence-corrected chi connectivity index (χ0v) is 22.7. The molecule has 3 fully saturated rings. The van der Waals surface area contributed by atoms with Crippen molar-refractivity contribution in [3.63, 3.8) is 0 Å². The van der Waals surface area contributed by atoms with E-state index in [0.717, 1.165) is 36.9 Å². The highest BCUT2D eigenvalue weighted by molar-refractivity contribution is 7.80. The Morgan fingerprint density at radius 2 is 1.80 bits per heavy atom. The standard InChI is InChI=1S/C29H27F6N3O2S/c1-3-16-15-38-9-7-17(16)10-25(38)26(22-6-8-36-24-5-4-21(39-2)14-23(22)24)40-27(41)37-20-12-18(28(30,31)32)11-19(13-20)29(33,34)35/h3-6,8,11-14,16-17,25-26H,1,7,9-10,15H2,2H3,(H,37,41)/t16-,17-,25-,26+/m0/s1. The number of hydrogen-bond acceptors (Lipinski definition) is 5. The van der Waals surface area contributed by atoms with Crippen molar-refractivity contribution in [3.05, 3.63) is 78.0 Å². The number of halogens is 6. The minimum atomic E-state index is -4.99. The molecule has 0 aliphatic carbocycles. The highest BCUT2D eigenvalue weighted by Gasteiger charge is 2.44. The van der Waals surface area contributed by atoms with Crippen molar-refractivity contribution in [2.24, 2.45) is 11.8 Å². The second-order valence-corrected chi connectivity index (χ2v) is 10.6. The zero-order valence-electron chi connectivity index (χ0n) is 21.9. The van der Waals surface area contributed by atoms with Crippen LogP contribution in [-0.4, -0.2) is 41.3 Å². The van der Waals surface area contributed by atoms with E-state index < -0.39 is 35.3 Å². The van der Waals surface area contributed by atoms with E-state index in [0.29, 0.717) is 35.2 Å². The van der Waals surface area contributed by atoms with E-state index in [1.807, 2.05) is 12.1 Å². The number of ether oxygens (including phenoxy) is 2. The summed E-state index contributed by atoms with van der Waals surface area (Å²) in [5, 5.41) is 2.86. The summed E-state index contributed by atoms with van der Waals surface area (Å²) in [6.45, 7) is 5.54. The van der Waals surface area contributed by atoms with Crippen LogP contribution in [-0.2, 0) is 17.1 Å². The number of fused-ring (bicyclic) bond motifs is 4. The van der Waals surface area contributed by atoms with Gasteiger partial charge < -0.3 is 14.8 Å². The van der Waals surface area contributed by atoms with Crippen LogP contribution in [0.2, 0.25) is 0 Å². The molecule has 5 atom stereocenters. The van der Waals surface area contributed by atoms with E-state index in [1.165, 1.54) is 7.11 Å². The molecule has 12 heteroatoms. The summed E-state index contributed by atoms with van der Waals surface area (Å²) in [6, 6.07) is 8.23. The number of aromatic nitrogens is 1. The molecule has 3 saturated heterocycles. The maximum atomic E-state index is 13.4.